The third-order valence-electron chi connectivity index (χ3n) is 10.9. The molecule has 6 nitrogen and oxygen atoms in total. The molecule has 0 spiro atoms. The third-order valence-corrected chi connectivity index (χ3v) is 10.9. The second-order valence-electron chi connectivity index (χ2n) is 16.1. The minimum atomic E-state index is -1.29. The number of allylic oxidation sites excluding steroid dienone is 4. The van der Waals surface area contributed by atoms with Crippen LogP contribution in [0.3, 0.4) is 0 Å². The lowest BCUT2D eigenvalue weighted by atomic mass is 10.00. The van der Waals surface area contributed by atoms with E-state index < -0.39 is 36.9 Å². The Labute approximate surface area is 329 Å². The summed E-state index contributed by atoms with van der Waals surface area (Å²) in [5.41, 5.74) is 0. The molecular weight excluding hydrogens is 659 g/mol. The fraction of sp³-hybridized carbons (Fsp3) is 0.894. The van der Waals surface area contributed by atoms with E-state index in [1.165, 1.54) is 167 Å². The van der Waals surface area contributed by atoms with Crippen molar-refractivity contribution in [3.63, 3.8) is 0 Å². The van der Waals surface area contributed by atoms with Crippen molar-refractivity contribution in [3.8, 4) is 0 Å². The highest BCUT2D eigenvalue weighted by Gasteiger charge is 2.28. The average Bonchev–Trinajstić information content (AvgIpc) is 3.16. The number of rotatable bonds is 42. The monoisotopic (exact) mass is 750 g/mol. The molecule has 0 aliphatic heterocycles. The van der Waals surface area contributed by atoms with Crippen LogP contribution in [0.5, 0.6) is 0 Å². The first-order valence-corrected chi connectivity index (χ1v) is 23.2. The van der Waals surface area contributed by atoms with Crippen molar-refractivity contribution in [3.05, 3.63) is 24.3 Å². The zero-order valence-electron chi connectivity index (χ0n) is 35.3. The van der Waals surface area contributed by atoms with Gasteiger partial charge in [-0.05, 0) is 51.4 Å². The number of unbranched alkanes of at least 4 members (excludes halogenated alkanes) is 29. The van der Waals surface area contributed by atoms with Gasteiger partial charge in [0.05, 0.1) is 18.8 Å². The number of aliphatic hydroxyl groups excluding tert-OH is 4. The fourth-order valence-electron chi connectivity index (χ4n) is 7.19. The Hall–Kier alpha value is -1.21. The number of carbonyl (C=O) groups is 1. The molecule has 4 unspecified atom stereocenters. The SMILES string of the molecule is CCCCCCCCCCC/C=C/CC/C=C/CCCC(O)C(O)C(CO)NC(=O)C(O)CCCCCCCCCCCCCCCCCCCCC. The Morgan fingerprint density at radius 3 is 1.19 bits per heavy atom. The first kappa shape index (κ1) is 51.8. The quantitative estimate of drug-likeness (QED) is 0.0315. The Morgan fingerprint density at radius 1 is 0.453 bits per heavy atom. The summed E-state index contributed by atoms with van der Waals surface area (Å²) < 4.78 is 0. The molecule has 0 aliphatic carbocycles. The topological polar surface area (TPSA) is 110 Å². The molecule has 4 atom stereocenters. The molecule has 314 valence electrons. The van der Waals surface area contributed by atoms with E-state index in [-0.39, 0.29) is 0 Å². The third kappa shape index (κ3) is 36.2. The van der Waals surface area contributed by atoms with Gasteiger partial charge in [0.25, 0.3) is 0 Å². The molecule has 5 N–H and O–H groups in total. The van der Waals surface area contributed by atoms with Crippen LogP contribution in [-0.2, 0) is 4.79 Å². The average molecular weight is 750 g/mol. The summed E-state index contributed by atoms with van der Waals surface area (Å²) in [6, 6.07) is -1.00. The van der Waals surface area contributed by atoms with Gasteiger partial charge >= 0.3 is 0 Å². The maximum absolute atomic E-state index is 12.5. The Bertz CT molecular complexity index is 802. The zero-order chi connectivity index (χ0) is 38.9. The number of aliphatic hydroxyl groups is 4. The lowest BCUT2D eigenvalue weighted by Gasteiger charge is -2.27. The highest BCUT2D eigenvalue weighted by Crippen LogP contribution is 2.16. The Morgan fingerprint density at radius 2 is 0.792 bits per heavy atom. The van der Waals surface area contributed by atoms with E-state index in [0.717, 1.165) is 38.5 Å². The van der Waals surface area contributed by atoms with Crippen molar-refractivity contribution in [1.29, 1.82) is 0 Å². The largest absolute Gasteiger partial charge is 0.394 e. The summed E-state index contributed by atoms with van der Waals surface area (Å²) in [5.74, 6) is -0.595. The van der Waals surface area contributed by atoms with Crippen molar-refractivity contribution in [2.75, 3.05) is 6.61 Å². The molecule has 1 amide bonds. The first-order valence-electron chi connectivity index (χ1n) is 23.2. The molecule has 0 heterocycles. The van der Waals surface area contributed by atoms with Gasteiger partial charge in [-0.25, -0.2) is 0 Å². The molecule has 0 aromatic rings. The molecule has 0 saturated heterocycles. The van der Waals surface area contributed by atoms with Crippen LogP contribution in [-0.4, -0.2) is 57.3 Å². The molecule has 0 radical (unpaired) electrons. The van der Waals surface area contributed by atoms with E-state index in [1.54, 1.807) is 0 Å². The first-order chi connectivity index (χ1) is 26.0. The molecule has 0 bridgehead atoms. The summed E-state index contributed by atoms with van der Waals surface area (Å²) in [6.07, 6.45) is 47.8. The van der Waals surface area contributed by atoms with Crippen LogP contribution >= 0.6 is 0 Å². The van der Waals surface area contributed by atoms with Gasteiger partial charge in [0.15, 0.2) is 0 Å². The summed E-state index contributed by atoms with van der Waals surface area (Å²) in [7, 11) is 0. The van der Waals surface area contributed by atoms with Crippen LogP contribution in [0.1, 0.15) is 239 Å². The summed E-state index contributed by atoms with van der Waals surface area (Å²) in [6.45, 7) is 4.05. The van der Waals surface area contributed by atoms with E-state index in [4.69, 9.17) is 0 Å². The van der Waals surface area contributed by atoms with Crippen molar-refractivity contribution in [2.45, 2.75) is 263 Å². The molecule has 0 fully saturated rings. The van der Waals surface area contributed by atoms with Crippen LogP contribution in [0.25, 0.3) is 0 Å². The molecule has 53 heavy (non-hydrogen) atoms. The van der Waals surface area contributed by atoms with Crippen LogP contribution in [0.15, 0.2) is 24.3 Å². The number of hydrogen-bond donors (Lipinski definition) is 5. The number of nitrogens with one attached hydrogen (secondary N) is 1. The van der Waals surface area contributed by atoms with Crippen LogP contribution in [0.4, 0.5) is 0 Å². The van der Waals surface area contributed by atoms with Crippen molar-refractivity contribution < 1.29 is 25.2 Å². The molecule has 0 aromatic carbocycles. The maximum Gasteiger partial charge on any atom is 0.249 e. The van der Waals surface area contributed by atoms with Gasteiger partial charge in [-0.3, -0.25) is 4.79 Å². The lowest BCUT2D eigenvalue weighted by Crippen LogP contribution is -2.53. The van der Waals surface area contributed by atoms with Gasteiger partial charge in [0, 0.05) is 0 Å². The molecule has 0 aliphatic rings. The fourth-order valence-corrected chi connectivity index (χ4v) is 7.19. The molecule has 6 heteroatoms. The van der Waals surface area contributed by atoms with Crippen molar-refractivity contribution >= 4 is 5.91 Å². The van der Waals surface area contributed by atoms with Crippen LogP contribution in [0.2, 0.25) is 0 Å². The van der Waals surface area contributed by atoms with Gasteiger partial charge in [-0.2, -0.15) is 0 Å². The van der Waals surface area contributed by atoms with Crippen molar-refractivity contribution in [2.24, 2.45) is 0 Å². The zero-order valence-corrected chi connectivity index (χ0v) is 35.3. The van der Waals surface area contributed by atoms with Gasteiger partial charge in [-0.15, -0.1) is 0 Å². The summed E-state index contributed by atoms with van der Waals surface area (Å²) in [5, 5.41) is 43.7. The van der Waals surface area contributed by atoms with E-state index in [9.17, 15) is 25.2 Å². The van der Waals surface area contributed by atoms with E-state index in [0.29, 0.717) is 19.3 Å². The highest BCUT2D eigenvalue weighted by atomic mass is 16.3. The van der Waals surface area contributed by atoms with E-state index >= 15 is 0 Å². The molecular formula is C47H91NO5. The predicted octanol–water partition coefficient (Wildman–Crippen LogP) is 12.4. The smallest absolute Gasteiger partial charge is 0.249 e. The molecule has 0 saturated carbocycles. The highest BCUT2D eigenvalue weighted by molar-refractivity contribution is 5.80. The maximum atomic E-state index is 12.5. The molecule has 0 rings (SSSR count). The minimum Gasteiger partial charge on any atom is -0.394 e. The normalized spacial score (nSPS) is 14.3. The second-order valence-corrected chi connectivity index (χ2v) is 16.1. The van der Waals surface area contributed by atoms with E-state index in [2.05, 4.69) is 43.5 Å². The number of hydrogen-bond acceptors (Lipinski definition) is 5. The Balaban J connectivity index is 3.76. The van der Waals surface area contributed by atoms with Gasteiger partial charge in [-0.1, -0.05) is 212 Å². The van der Waals surface area contributed by atoms with Gasteiger partial charge < -0.3 is 25.7 Å². The van der Waals surface area contributed by atoms with Crippen LogP contribution < -0.4 is 5.32 Å². The lowest BCUT2D eigenvalue weighted by molar-refractivity contribution is -0.132. The second kappa shape index (κ2) is 41.9. The van der Waals surface area contributed by atoms with Gasteiger partial charge in [0.2, 0.25) is 5.91 Å². The number of carbonyl (C=O) groups excluding carboxylic acids is 1. The minimum absolute atomic E-state index is 0.364. The van der Waals surface area contributed by atoms with E-state index in [1.807, 2.05) is 0 Å². The summed E-state index contributed by atoms with van der Waals surface area (Å²) in [4.78, 5) is 12.5. The standard InChI is InChI=1S/C47H91NO5/c1-3-5-7-9-11-13-15-17-19-21-23-25-27-29-31-33-35-37-39-41-45(51)47(53)48-43(42-49)46(52)44(50)40-38-36-34-32-30-28-26-24-22-20-18-16-14-12-10-8-6-4-2/h24,26,32,34,43-46,49-52H,3-23,25,27-31,33,35-42H2,1-2H3,(H,48,53)/b26-24+,34-32+. The number of amides is 1. The predicted molar refractivity (Wildman–Crippen MR) is 228 cm³/mol. The molecule has 0 aromatic heterocycles. The van der Waals surface area contributed by atoms with Crippen molar-refractivity contribution in [1.82, 2.24) is 5.32 Å². The summed E-state index contributed by atoms with van der Waals surface area (Å²) >= 11 is 0. The van der Waals surface area contributed by atoms with Crippen LogP contribution in [0, 0.1) is 0 Å². The Kier molecular flexibility index (Phi) is 41.0. The van der Waals surface area contributed by atoms with Gasteiger partial charge in [0.1, 0.15) is 12.2 Å².